The minimum atomic E-state index is -2.65. The molecule has 0 unspecified atom stereocenters. The smallest absolute Gasteiger partial charge is 0.320 e. The Morgan fingerprint density at radius 1 is 0.250 bits per heavy atom. The molecule has 240 valence electrons. The van der Waals surface area contributed by atoms with Crippen molar-refractivity contribution < 1.29 is 16.5 Å². The summed E-state index contributed by atoms with van der Waals surface area (Å²) in [6.07, 6.45) is 8.50. The van der Waals surface area contributed by atoms with Crippen molar-refractivity contribution in [2.75, 3.05) is 42.6 Å². The Kier molecular flexibility index (Phi) is 26.2. The van der Waals surface area contributed by atoms with Crippen LogP contribution in [0, 0.1) is 0 Å². The average Bonchev–Trinajstić information content (AvgIpc) is 2.96. The van der Waals surface area contributed by atoms with E-state index in [0.717, 1.165) is 142 Å². The molecule has 0 amide bonds. The van der Waals surface area contributed by atoms with Crippen molar-refractivity contribution in [3.63, 3.8) is 0 Å². The SMILES string of the molecule is BrCCC[Si]1(CCCBr)O[Si](CCCBr)(CCCBr)O[Si](CCCBr)(CCCBr)O[Si](CCCBr)(CCCBr)O1. The predicted octanol–water partition coefficient (Wildman–Crippen LogP) is 12.1. The summed E-state index contributed by atoms with van der Waals surface area (Å²) in [6, 6.07) is 8.03. The zero-order valence-electron chi connectivity index (χ0n) is 23.6. The third kappa shape index (κ3) is 15.6. The van der Waals surface area contributed by atoms with Gasteiger partial charge in [-0.25, -0.2) is 0 Å². The molecule has 0 aromatic carbocycles. The van der Waals surface area contributed by atoms with Gasteiger partial charge >= 0.3 is 34.2 Å². The van der Waals surface area contributed by atoms with Crippen molar-refractivity contribution in [1.82, 2.24) is 0 Å². The molecular formula is C24H48Br8O4Si4. The fourth-order valence-electron chi connectivity index (χ4n) is 5.44. The van der Waals surface area contributed by atoms with E-state index >= 15 is 0 Å². The number of hydrogen-bond donors (Lipinski definition) is 0. The molecule has 0 atom stereocenters. The van der Waals surface area contributed by atoms with Gasteiger partial charge < -0.3 is 16.5 Å². The average molecular weight is 1150 g/mol. The first-order valence-electron chi connectivity index (χ1n) is 14.6. The maximum Gasteiger partial charge on any atom is 0.320 e. The van der Waals surface area contributed by atoms with E-state index in [9.17, 15) is 0 Å². The summed E-state index contributed by atoms with van der Waals surface area (Å²) in [4.78, 5) is 0. The molecule has 40 heavy (non-hydrogen) atoms. The lowest BCUT2D eigenvalue weighted by atomic mass is 10.6. The molecule has 0 saturated carbocycles. The van der Waals surface area contributed by atoms with E-state index < -0.39 is 34.2 Å². The summed E-state index contributed by atoms with van der Waals surface area (Å²) in [7, 11) is -10.6. The Balaban J connectivity index is 3.91. The van der Waals surface area contributed by atoms with Crippen LogP contribution in [-0.4, -0.2) is 76.9 Å². The zero-order valence-corrected chi connectivity index (χ0v) is 40.3. The highest BCUT2D eigenvalue weighted by atomic mass is 79.9. The third-order valence-electron chi connectivity index (χ3n) is 7.02. The van der Waals surface area contributed by atoms with E-state index in [1.165, 1.54) is 0 Å². The summed E-state index contributed by atoms with van der Waals surface area (Å²) < 4.78 is 31.2. The molecule has 0 aromatic heterocycles. The molecule has 0 spiro atoms. The molecule has 0 radical (unpaired) electrons. The lowest BCUT2D eigenvalue weighted by molar-refractivity contribution is 0.205. The maximum atomic E-state index is 7.80. The first kappa shape index (κ1) is 42.6. The van der Waals surface area contributed by atoms with Gasteiger partial charge in [-0.2, -0.15) is 0 Å². The largest absolute Gasteiger partial charge is 0.415 e. The number of hydrogen-bond acceptors (Lipinski definition) is 4. The van der Waals surface area contributed by atoms with Crippen LogP contribution in [0.3, 0.4) is 0 Å². The molecule has 4 nitrogen and oxygen atoms in total. The highest BCUT2D eigenvalue weighted by molar-refractivity contribution is 9.10. The van der Waals surface area contributed by atoms with Crippen LogP contribution < -0.4 is 0 Å². The molecule has 1 heterocycles. The second-order valence-corrected chi connectivity index (χ2v) is 31.3. The van der Waals surface area contributed by atoms with Crippen LogP contribution in [0.1, 0.15) is 51.4 Å². The van der Waals surface area contributed by atoms with Gasteiger partial charge in [-0.3, -0.25) is 0 Å². The Morgan fingerprint density at radius 2 is 0.375 bits per heavy atom. The molecule has 0 N–H and O–H groups in total. The van der Waals surface area contributed by atoms with E-state index in [4.69, 9.17) is 16.5 Å². The van der Waals surface area contributed by atoms with E-state index in [-0.39, 0.29) is 0 Å². The van der Waals surface area contributed by atoms with E-state index in [2.05, 4.69) is 127 Å². The molecule has 1 saturated heterocycles. The van der Waals surface area contributed by atoms with Gasteiger partial charge in [-0.15, -0.1) is 0 Å². The minimum Gasteiger partial charge on any atom is -0.415 e. The number of rotatable bonds is 24. The van der Waals surface area contributed by atoms with Crippen LogP contribution >= 0.6 is 127 Å². The van der Waals surface area contributed by atoms with Gasteiger partial charge in [0.15, 0.2) is 0 Å². The van der Waals surface area contributed by atoms with Crippen molar-refractivity contribution >= 4 is 162 Å². The number of alkyl halides is 8. The fraction of sp³-hybridized carbons (Fsp3) is 1.00. The van der Waals surface area contributed by atoms with Gasteiger partial charge in [-0.05, 0) is 99.7 Å². The molecule has 1 fully saturated rings. The highest BCUT2D eigenvalue weighted by Gasteiger charge is 2.61. The molecular weight excluding hydrogens is 1100 g/mol. The summed E-state index contributed by atoms with van der Waals surface area (Å²) in [6.45, 7) is 0. The molecule has 0 aliphatic carbocycles. The summed E-state index contributed by atoms with van der Waals surface area (Å²) in [5.41, 5.74) is 0. The van der Waals surface area contributed by atoms with Crippen LogP contribution in [0.25, 0.3) is 0 Å². The fourth-order valence-corrected chi connectivity index (χ4v) is 38.1. The molecule has 16 heteroatoms. The molecule has 0 aromatic rings. The first-order valence-corrected chi connectivity index (χ1v) is 32.5. The van der Waals surface area contributed by atoms with Crippen LogP contribution in [0.5, 0.6) is 0 Å². The summed E-state index contributed by atoms with van der Waals surface area (Å²) >= 11 is 29.9. The summed E-state index contributed by atoms with van der Waals surface area (Å²) in [5.74, 6) is 0. The predicted molar refractivity (Wildman–Crippen MR) is 213 cm³/mol. The van der Waals surface area contributed by atoms with Crippen LogP contribution in [-0.2, 0) is 16.5 Å². The monoisotopic (exact) mass is 1140 g/mol. The first-order chi connectivity index (χ1) is 19.3. The third-order valence-corrected chi connectivity index (χ3v) is 32.3. The van der Waals surface area contributed by atoms with Crippen molar-refractivity contribution in [3.05, 3.63) is 0 Å². The van der Waals surface area contributed by atoms with Gasteiger partial charge in [0.05, 0.1) is 0 Å². The van der Waals surface area contributed by atoms with Crippen molar-refractivity contribution in [1.29, 1.82) is 0 Å². The van der Waals surface area contributed by atoms with Crippen molar-refractivity contribution in [3.8, 4) is 0 Å². The molecule has 1 aliphatic heterocycles. The highest BCUT2D eigenvalue weighted by Crippen LogP contribution is 2.45. The van der Waals surface area contributed by atoms with E-state index in [1.54, 1.807) is 0 Å². The second-order valence-electron chi connectivity index (χ2n) is 10.4. The topological polar surface area (TPSA) is 36.9 Å². The lowest BCUT2D eigenvalue weighted by Gasteiger charge is -2.54. The quantitative estimate of drug-likeness (QED) is 0.0713. The van der Waals surface area contributed by atoms with Gasteiger partial charge in [0.25, 0.3) is 0 Å². The zero-order chi connectivity index (χ0) is 29.8. The Bertz CT molecular complexity index is 496. The number of halogens is 8. The van der Waals surface area contributed by atoms with Crippen molar-refractivity contribution in [2.45, 2.75) is 99.7 Å². The lowest BCUT2D eigenvalue weighted by Crippen LogP contribution is -2.70. The second kappa shape index (κ2) is 24.7. The normalized spacial score (nSPS) is 19.8. The minimum absolute atomic E-state index is 0.967. The Morgan fingerprint density at radius 3 is 0.475 bits per heavy atom. The van der Waals surface area contributed by atoms with Crippen LogP contribution in [0.4, 0.5) is 0 Å². The van der Waals surface area contributed by atoms with Crippen molar-refractivity contribution in [2.24, 2.45) is 0 Å². The van der Waals surface area contributed by atoms with Gasteiger partial charge in [0.2, 0.25) is 0 Å². The molecule has 1 rings (SSSR count). The van der Waals surface area contributed by atoms with E-state index in [1.807, 2.05) is 0 Å². The standard InChI is InChI=1S/C24H48Br8O4Si4/c25-9-1-17-37(18-2-10-26)33-38(19-3-11-27,20-4-12-28)35-40(23-7-15-31,24-8-16-32)36-39(34-37,21-5-13-29)22-6-14-30/h1-24H2. The van der Waals surface area contributed by atoms with Gasteiger partial charge in [0, 0.05) is 42.6 Å². The molecule has 0 bridgehead atoms. The maximum absolute atomic E-state index is 7.80. The Hall–Kier alpha value is 4.55. The van der Waals surface area contributed by atoms with Gasteiger partial charge in [0.1, 0.15) is 0 Å². The van der Waals surface area contributed by atoms with E-state index in [0.29, 0.717) is 0 Å². The van der Waals surface area contributed by atoms with Crippen LogP contribution in [0.2, 0.25) is 48.4 Å². The summed E-state index contributed by atoms with van der Waals surface area (Å²) in [5, 5.41) is 7.73. The van der Waals surface area contributed by atoms with Crippen LogP contribution in [0.15, 0.2) is 0 Å². The molecule has 1 aliphatic rings. The Labute approximate surface area is 316 Å². The van der Waals surface area contributed by atoms with Gasteiger partial charge in [-0.1, -0.05) is 127 Å².